The Kier molecular flexibility index (Phi) is 25.0. The molecule has 5 aromatic carbocycles. The predicted molar refractivity (Wildman–Crippen MR) is 368 cm³/mol. The molecule has 2 unspecified atom stereocenters. The molecule has 8 rings (SSSR count). The number of hydrogen-bond donors (Lipinski definition) is 5. The van der Waals surface area contributed by atoms with Crippen LogP contribution in [0.3, 0.4) is 0 Å². The fourth-order valence-corrected chi connectivity index (χ4v) is 15.0. The third kappa shape index (κ3) is 18.0. The van der Waals surface area contributed by atoms with E-state index >= 15 is 16.8 Å². The van der Waals surface area contributed by atoms with Crippen molar-refractivity contribution in [3.8, 4) is 28.7 Å². The summed E-state index contributed by atoms with van der Waals surface area (Å²) in [6, 6.07) is 28.2. The lowest BCUT2D eigenvalue weighted by Crippen LogP contribution is -2.55. The second-order valence-electron chi connectivity index (χ2n) is 25.2. The van der Waals surface area contributed by atoms with Crippen LogP contribution in [0.4, 0.5) is 5.69 Å². The van der Waals surface area contributed by atoms with Crippen LogP contribution in [0, 0.1) is 0 Å². The molecule has 0 aliphatic carbocycles. The van der Waals surface area contributed by atoms with Crippen LogP contribution in [0.1, 0.15) is 132 Å². The fourth-order valence-electron chi connectivity index (χ4n) is 11.7. The largest absolute Gasteiger partial charge is 0.494 e. The first kappa shape index (κ1) is 72.1. The molecule has 5 N–H and O–H groups in total. The van der Waals surface area contributed by atoms with Crippen molar-refractivity contribution in [1.82, 2.24) is 49.3 Å². The van der Waals surface area contributed by atoms with Gasteiger partial charge in [0.1, 0.15) is 17.7 Å². The predicted octanol–water partition coefficient (Wildman–Crippen LogP) is 11.1. The average molecular weight is 1330 g/mol. The first-order valence-electron chi connectivity index (χ1n) is 32.2. The van der Waals surface area contributed by atoms with E-state index in [-0.39, 0.29) is 57.9 Å². The van der Waals surface area contributed by atoms with Gasteiger partial charge in [-0.2, -0.15) is 4.31 Å². The van der Waals surface area contributed by atoms with Gasteiger partial charge in [-0.25, -0.2) is 36.1 Å². The number of H-pyrrole nitrogens is 1. The number of aromatic amines is 1. The van der Waals surface area contributed by atoms with Gasteiger partial charge in [-0.3, -0.25) is 0 Å². The highest BCUT2D eigenvalue weighted by Crippen LogP contribution is 2.46. The van der Waals surface area contributed by atoms with Crippen LogP contribution >= 0.6 is 0 Å². The summed E-state index contributed by atoms with van der Waals surface area (Å²) in [5.41, 5.74) is 2.48. The summed E-state index contributed by atoms with van der Waals surface area (Å²) >= 11 is 0. The highest BCUT2D eigenvalue weighted by molar-refractivity contribution is 7.93. The van der Waals surface area contributed by atoms with E-state index in [1.807, 2.05) is 109 Å². The van der Waals surface area contributed by atoms with Crippen molar-refractivity contribution in [1.29, 1.82) is 0 Å². The number of nitrogens with one attached hydrogen (secondary N) is 4. The van der Waals surface area contributed by atoms with E-state index in [0.717, 1.165) is 67.7 Å². The summed E-state index contributed by atoms with van der Waals surface area (Å²) in [6.45, 7) is 17.7. The molecule has 3 heterocycles. The van der Waals surface area contributed by atoms with Crippen molar-refractivity contribution in [3.05, 3.63) is 186 Å². The molecule has 0 bridgehead atoms. The highest BCUT2D eigenvalue weighted by atomic mass is 32.2. The van der Waals surface area contributed by atoms with Crippen molar-refractivity contribution in [3.63, 3.8) is 0 Å². The topological polar surface area (TPSA) is 242 Å². The zero-order chi connectivity index (χ0) is 67.7. The second-order valence-corrected chi connectivity index (χ2v) is 28.9. The molecule has 0 aliphatic heterocycles. The number of aliphatic hydroxyl groups is 1. The number of aromatic nitrogens is 6. The Hall–Kier alpha value is -7.77. The van der Waals surface area contributed by atoms with Gasteiger partial charge in [0.25, 0.3) is 10.0 Å². The minimum Gasteiger partial charge on any atom is -0.494 e. The van der Waals surface area contributed by atoms with Crippen LogP contribution in [0.2, 0.25) is 0 Å². The molecule has 23 heteroatoms. The number of rotatable bonds is 39. The third-order valence-electron chi connectivity index (χ3n) is 17.5. The second kappa shape index (κ2) is 32.6. The van der Waals surface area contributed by atoms with Gasteiger partial charge in [-0.15, -0.1) is 0 Å². The highest BCUT2D eigenvalue weighted by Gasteiger charge is 2.44. The zero-order valence-electron chi connectivity index (χ0n) is 56.7. The van der Waals surface area contributed by atoms with Gasteiger partial charge in [-0.05, 0) is 157 Å². The number of methoxy groups -OCH3 is 5. The van der Waals surface area contributed by atoms with Gasteiger partial charge in [0.15, 0.2) is 23.0 Å². The van der Waals surface area contributed by atoms with Crippen molar-refractivity contribution >= 4 is 25.7 Å². The number of imidazole rings is 3. The molecule has 0 amide bonds. The van der Waals surface area contributed by atoms with Crippen LogP contribution in [0.5, 0.6) is 28.7 Å². The first-order chi connectivity index (χ1) is 45.0. The van der Waals surface area contributed by atoms with Crippen LogP contribution in [0.15, 0.2) is 157 Å². The van der Waals surface area contributed by atoms with Crippen molar-refractivity contribution in [2.24, 2.45) is 0 Å². The SMILES string of the molecule is CCCCC(O)c1cc(C(C)(C)NCCCn2ccnc2)cc(N(C(Cc2ccc(C(C)(C)NCCCc3ncc[nH]3)cc2)N(CCc2ccc(C(C)(C)NCCCn3ccnc3)cc2)S(=O)(=O)c2ccc(OC)c(OC)c2)S(=O)(=O)c2ccc(OC)c(OC)c2)c1OC. The summed E-state index contributed by atoms with van der Waals surface area (Å²) in [5.74, 6) is 1.79. The smallest absolute Gasteiger partial charge is 0.266 e. The molecule has 0 spiro atoms. The molecular weight excluding hydrogens is 1230 g/mol. The molecular formula is C71H97N11O10S2. The molecule has 0 radical (unpaired) electrons. The number of unbranched alkanes of at least 4 members (excludes halogenated alkanes) is 1. The zero-order valence-corrected chi connectivity index (χ0v) is 58.3. The van der Waals surface area contributed by atoms with E-state index in [9.17, 15) is 5.11 Å². The normalized spacial score (nSPS) is 13.0. The van der Waals surface area contributed by atoms with E-state index in [1.54, 1.807) is 31.0 Å². The van der Waals surface area contributed by atoms with Crippen LogP contribution in [-0.2, 0) is 69.0 Å². The first-order valence-corrected chi connectivity index (χ1v) is 35.1. The average Bonchev–Trinajstić information content (AvgIpc) is 0.784. The number of aryl methyl sites for hydroxylation is 3. The number of benzene rings is 5. The Morgan fingerprint density at radius 1 is 0.574 bits per heavy atom. The number of sulfonamides is 2. The summed E-state index contributed by atoms with van der Waals surface area (Å²) in [6.07, 6.45) is 16.6. The molecule has 0 saturated heterocycles. The van der Waals surface area contributed by atoms with E-state index in [1.165, 1.54) is 80.6 Å². The molecule has 94 heavy (non-hydrogen) atoms. The lowest BCUT2D eigenvalue weighted by Gasteiger charge is -2.41. The Balaban J connectivity index is 1.35. The summed E-state index contributed by atoms with van der Waals surface area (Å²) in [7, 11) is -2.60. The minimum absolute atomic E-state index is 0.00764. The van der Waals surface area contributed by atoms with Crippen LogP contribution in [0.25, 0.3) is 0 Å². The van der Waals surface area contributed by atoms with Gasteiger partial charge >= 0.3 is 0 Å². The van der Waals surface area contributed by atoms with Gasteiger partial charge in [0, 0.05) is 104 Å². The Bertz CT molecular complexity index is 3870. The molecule has 8 aromatic rings. The van der Waals surface area contributed by atoms with Crippen molar-refractivity contribution in [2.45, 2.75) is 158 Å². The van der Waals surface area contributed by atoms with E-state index in [2.05, 4.69) is 63.6 Å². The lowest BCUT2D eigenvalue weighted by molar-refractivity contribution is 0.160. The Morgan fingerprint density at radius 2 is 1.09 bits per heavy atom. The minimum atomic E-state index is -5.00. The fraction of sp³-hybridized carbons (Fsp3) is 0.451. The van der Waals surface area contributed by atoms with Crippen LogP contribution in [-0.4, -0.2) is 123 Å². The maximum Gasteiger partial charge on any atom is 0.266 e. The Labute approximate surface area is 556 Å². The monoisotopic (exact) mass is 1330 g/mol. The maximum atomic E-state index is 16.9. The number of nitrogens with zero attached hydrogens (tertiary/aromatic N) is 7. The van der Waals surface area contributed by atoms with Crippen LogP contribution < -0.4 is 43.9 Å². The van der Waals surface area contributed by atoms with Gasteiger partial charge in [-0.1, -0.05) is 68.3 Å². The maximum absolute atomic E-state index is 16.9. The Morgan fingerprint density at radius 3 is 1.56 bits per heavy atom. The van der Waals surface area contributed by atoms with Gasteiger partial charge < -0.3 is 58.9 Å². The third-order valence-corrected chi connectivity index (χ3v) is 21.2. The van der Waals surface area contributed by atoms with E-state index < -0.39 is 48.9 Å². The quantitative estimate of drug-likeness (QED) is 0.0178. The van der Waals surface area contributed by atoms with E-state index in [0.29, 0.717) is 54.9 Å². The summed E-state index contributed by atoms with van der Waals surface area (Å²) in [4.78, 5) is 15.5. The molecule has 0 saturated carbocycles. The van der Waals surface area contributed by atoms with Gasteiger partial charge in [0.05, 0.1) is 69.8 Å². The molecule has 3 aromatic heterocycles. The molecule has 21 nitrogen and oxygen atoms in total. The lowest BCUT2D eigenvalue weighted by atomic mass is 9.89. The van der Waals surface area contributed by atoms with Crippen molar-refractivity contribution < 1.29 is 45.6 Å². The number of ether oxygens (including phenoxy) is 5. The molecule has 0 aliphatic rings. The number of aliphatic hydroxyl groups excluding tert-OH is 1. The summed E-state index contributed by atoms with van der Waals surface area (Å²) in [5, 5.41) is 23.6. The number of hydrogen-bond acceptors (Lipinski definition) is 16. The van der Waals surface area contributed by atoms with E-state index in [4.69, 9.17) is 23.7 Å². The summed E-state index contributed by atoms with van der Waals surface area (Å²) < 4.78 is 103. The van der Waals surface area contributed by atoms with Crippen molar-refractivity contribution in [2.75, 3.05) is 66.0 Å². The molecule has 0 fully saturated rings. The molecule has 2 atom stereocenters. The number of anilines is 1. The standard InChI is InChI=1S/C71H97N11O10S2/c1-13-14-18-61(83)59-46-56(71(6,7)78-35-17-41-80-44-39-73-51-80)47-60(68(59)92-12)82(94(86,87)58-29-31-63(89-9)65(49-58)91-11)67(45-53-22-26-55(27-23-53)69(2,3)76-33-15-19-66-74-36-37-75-66)81(93(84,85)57-28-30-62(88-8)64(48-57)90-10)42-32-52-20-24-54(25-21-52)70(4,5)77-34-16-40-79-43-38-72-50-79/h20-31,36-39,43-44,46-51,61,67,76-78,83H,13-19,32-35,40-42,45H2,1-12H3,(H,74,75). The van der Waals surface area contributed by atoms with Gasteiger partial charge in [0.2, 0.25) is 10.0 Å². The molecule has 508 valence electrons.